The van der Waals surface area contributed by atoms with Crippen LogP contribution >= 0.6 is 11.8 Å². The number of amidine groups is 1. The van der Waals surface area contributed by atoms with Gasteiger partial charge in [-0.1, -0.05) is 68.4 Å². The van der Waals surface area contributed by atoms with Gasteiger partial charge in [-0.05, 0) is 48.9 Å². The summed E-state index contributed by atoms with van der Waals surface area (Å²) in [5.41, 5.74) is 3.38. The zero-order valence-corrected chi connectivity index (χ0v) is 18.5. The molecule has 1 fully saturated rings. The topological polar surface area (TPSA) is 63.1 Å². The summed E-state index contributed by atoms with van der Waals surface area (Å²) < 4.78 is 5.72. The average Bonchev–Trinajstić information content (AvgIpc) is 3.11. The van der Waals surface area contributed by atoms with E-state index < -0.39 is 0 Å². The Kier molecular flexibility index (Phi) is 8.51. The van der Waals surface area contributed by atoms with Crippen LogP contribution in [0.25, 0.3) is 0 Å². The minimum absolute atomic E-state index is 0.0179. The molecule has 1 amide bonds. The molecule has 3 rings (SSSR count). The van der Waals surface area contributed by atoms with Gasteiger partial charge in [0.25, 0.3) is 0 Å². The van der Waals surface area contributed by atoms with Crippen LogP contribution < -0.4 is 10.1 Å². The Morgan fingerprint density at radius 3 is 2.60 bits per heavy atom. The number of hydrogen-bond donors (Lipinski definition) is 1. The molecule has 1 saturated heterocycles. The lowest BCUT2D eigenvalue weighted by molar-refractivity contribution is -0.118. The van der Waals surface area contributed by atoms with Crippen molar-refractivity contribution in [2.24, 2.45) is 10.2 Å². The fraction of sp³-hybridized carbons (Fsp3) is 0.375. The lowest BCUT2D eigenvalue weighted by Gasteiger charge is -2.07. The number of nitrogens with one attached hydrogen (secondary N) is 1. The summed E-state index contributed by atoms with van der Waals surface area (Å²) in [5.74, 6) is 0.766. The zero-order valence-electron chi connectivity index (χ0n) is 17.6. The number of para-hydroxylation sites is 1. The van der Waals surface area contributed by atoms with Crippen LogP contribution in [-0.4, -0.2) is 29.1 Å². The fourth-order valence-corrected chi connectivity index (χ4v) is 4.06. The predicted octanol–water partition coefficient (Wildman–Crippen LogP) is 4.98. The number of benzene rings is 2. The second-order valence-corrected chi connectivity index (χ2v) is 8.45. The van der Waals surface area contributed by atoms with Gasteiger partial charge in [0.15, 0.2) is 5.17 Å². The summed E-state index contributed by atoms with van der Waals surface area (Å²) in [6, 6.07) is 16.3. The van der Waals surface area contributed by atoms with E-state index in [-0.39, 0.29) is 11.2 Å². The van der Waals surface area contributed by atoms with Crippen LogP contribution in [0.1, 0.15) is 49.8 Å². The van der Waals surface area contributed by atoms with Gasteiger partial charge in [-0.3, -0.25) is 4.79 Å². The molecule has 5 nitrogen and oxygen atoms in total. The Balaban J connectivity index is 1.57. The van der Waals surface area contributed by atoms with Crippen LogP contribution in [0.4, 0.5) is 0 Å². The Morgan fingerprint density at radius 1 is 1.07 bits per heavy atom. The van der Waals surface area contributed by atoms with E-state index >= 15 is 0 Å². The molecule has 158 valence electrons. The third-order valence-electron chi connectivity index (χ3n) is 4.77. The van der Waals surface area contributed by atoms with Gasteiger partial charge >= 0.3 is 0 Å². The highest BCUT2D eigenvalue weighted by Gasteiger charge is 2.30. The van der Waals surface area contributed by atoms with E-state index in [1.807, 2.05) is 24.3 Å². The molecule has 1 heterocycles. The molecule has 1 N–H and O–H groups in total. The van der Waals surface area contributed by atoms with Crippen molar-refractivity contribution in [3.8, 4) is 5.75 Å². The number of thioether (sulfide) groups is 1. The minimum Gasteiger partial charge on any atom is -0.493 e. The van der Waals surface area contributed by atoms with Crippen LogP contribution in [-0.2, 0) is 17.6 Å². The molecule has 1 unspecified atom stereocenters. The monoisotopic (exact) mass is 423 g/mol. The molecular formula is C24H29N3O2S. The first-order valence-corrected chi connectivity index (χ1v) is 11.5. The van der Waals surface area contributed by atoms with Crippen LogP contribution in [0.15, 0.2) is 58.7 Å². The van der Waals surface area contributed by atoms with Gasteiger partial charge < -0.3 is 10.1 Å². The molecule has 1 aliphatic heterocycles. The van der Waals surface area contributed by atoms with E-state index in [9.17, 15) is 4.79 Å². The fourth-order valence-electron chi connectivity index (χ4n) is 3.10. The van der Waals surface area contributed by atoms with Gasteiger partial charge in [-0.25, -0.2) is 0 Å². The molecule has 0 radical (unpaired) electrons. The number of nitrogens with zero attached hydrogens (tertiary/aromatic N) is 2. The van der Waals surface area contributed by atoms with Crippen molar-refractivity contribution >= 4 is 29.1 Å². The van der Waals surface area contributed by atoms with Crippen molar-refractivity contribution in [2.45, 2.75) is 51.2 Å². The Hall–Kier alpha value is -2.60. The van der Waals surface area contributed by atoms with E-state index in [4.69, 9.17) is 4.74 Å². The van der Waals surface area contributed by atoms with Gasteiger partial charge in [0, 0.05) is 5.56 Å². The largest absolute Gasteiger partial charge is 0.493 e. The van der Waals surface area contributed by atoms with E-state index in [0.29, 0.717) is 18.2 Å². The van der Waals surface area contributed by atoms with Gasteiger partial charge in [0.1, 0.15) is 5.75 Å². The molecule has 6 heteroatoms. The number of hydrogen-bond acceptors (Lipinski definition) is 5. The maximum absolute atomic E-state index is 12.3. The second-order valence-electron chi connectivity index (χ2n) is 7.26. The standard InChI is InChI=1S/C24H29N3O2S/c1-3-5-8-18-11-13-19(14-12-18)16-22-23(28)26-24(30-22)27-25-17-20-9-6-7-10-21(20)29-15-4-2/h6-7,9-14,17,22H,3-5,8,15-16H2,1-2H3,(H,26,27,28)/b25-17+. The first kappa shape index (κ1) is 22.1. The number of rotatable bonds is 10. The van der Waals surface area contributed by atoms with Gasteiger partial charge in [-0.15, -0.1) is 5.10 Å². The molecule has 0 bridgehead atoms. The summed E-state index contributed by atoms with van der Waals surface area (Å²) in [6.07, 6.45) is 6.79. The number of ether oxygens (including phenoxy) is 1. The summed E-state index contributed by atoms with van der Waals surface area (Å²) in [5, 5.41) is 11.5. The molecule has 0 aromatic heterocycles. The molecule has 30 heavy (non-hydrogen) atoms. The van der Waals surface area contributed by atoms with Gasteiger partial charge in [-0.2, -0.15) is 5.10 Å². The summed E-state index contributed by atoms with van der Waals surface area (Å²) in [4.78, 5) is 12.3. The molecule has 0 saturated carbocycles. The van der Waals surface area contributed by atoms with Crippen molar-refractivity contribution in [3.05, 3.63) is 65.2 Å². The number of carbonyl (C=O) groups is 1. The van der Waals surface area contributed by atoms with Crippen LogP contribution in [0.3, 0.4) is 0 Å². The molecule has 2 aromatic rings. The minimum atomic E-state index is -0.180. The predicted molar refractivity (Wildman–Crippen MR) is 126 cm³/mol. The Bertz CT molecular complexity index is 894. The highest BCUT2D eigenvalue weighted by molar-refractivity contribution is 8.15. The van der Waals surface area contributed by atoms with Crippen molar-refractivity contribution in [1.82, 2.24) is 5.32 Å². The number of amides is 1. The highest BCUT2D eigenvalue weighted by atomic mass is 32.2. The Labute approximate surface area is 183 Å². The van der Waals surface area contributed by atoms with Gasteiger partial charge in [0.05, 0.1) is 18.1 Å². The first-order chi connectivity index (χ1) is 14.7. The van der Waals surface area contributed by atoms with Crippen LogP contribution in [0.2, 0.25) is 0 Å². The van der Waals surface area contributed by atoms with E-state index in [0.717, 1.165) is 29.7 Å². The lowest BCUT2D eigenvalue weighted by Crippen LogP contribution is -2.25. The first-order valence-electron chi connectivity index (χ1n) is 10.6. The van der Waals surface area contributed by atoms with Crippen molar-refractivity contribution in [2.75, 3.05) is 6.61 Å². The van der Waals surface area contributed by atoms with Gasteiger partial charge in [0.2, 0.25) is 5.91 Å². The number of carbonyl (C=O) groups excluding carboxylic acids is 1. The van der Waals surface area contributed by atoms with Crippen LogP contribution in [0.5, 0.6) is 5.75 Å². The van der Waals surface area contributed by atoms with E-state index in [2.05, 4.69) is 53.6 Å². The molecule has 1 atom stereocenters. The number of unbranched alkanes of at least 4 members (excludes halogenated alkanes) is 1. The molecular weight excluding hydrogens is 394 g/mol. The molecule has 2 aromatic carbocycles. The quantitative estimate of drug-likeness (QED) is 0.433. The Morgan fingerprint density at radius 2 is 1.83 bits per heavy atom. The normalized spacial score (nSPS) is 17.6. The second kappa shape index (κ2) is 11.6. The third kappa shape index (κ3) is 6.46. The maximum Gasteiger partial charge on any atom is 0.239 e. The summed E-state index contributed by atoms with van der Waals surface area (Å²) >= 11 is 1.43. The number of aryl methyl sites for hydroxylation is 1. The molecule has 1 aliphatic rings. The molecule has 0 aliphatic carbocycles. The van der Waals surface area contributed by atoms with Crippen molar-refractivity contribution < 1.29 is 9.53 Å². The highest BCUT2D eigenvalue weighted by Crippen LogP contribution is 2.24. The summed E-state index contributed by atoms with van der Waals surface area (Å²) in [6.45, 7) is 4.93. The lowest BCUT2D eigenvalue weighted by atomic mass is 10.0. The SMILES string of the molecule is CCCCc1ccc(CC2S/C(=N/N=C/c3ccccc3OCCC)NC2=O)cc1. The zero-order chi connectivity index (χ0) is 21.2. The maximum atomic E-state index is 12.3. The smallest absolute Gasteiger partial charge is 0.239 e. The van der Waals surface area contributed by atoms with E-state index in [1.165, 1.54) is 30.2 Å². The molecule has 0 spiro atoms. The third-order valence-corrected chi connectivity index (χ3v) is 5.84. The summed E-state index contributed by atoms with van der Waals surface area (Å²) in [7, 11) is 0. The average molecular weight is 424 g/mol. The van der Waals surface area contributed by atoms with E-state index in [1.54, 1.807) is 6.21 Å². The van der Waals surface area contributed by atoms with Crippen molar-refractivity contribution in [1.29, 1.82) is 0 Å². The van der Waals surface area contributed by atoms with Crippen molar-refractivity contribution in [3.63, 3.8) is 0 Å². The van der Waals surface area contributed by atoms with Crippen LogP contribution in [0, 0.1) is 0 Å².